The number of hydrogen-bond acceptors (Lipinski definition) is 3. The van der Waals surface area contributed by atoms with Crippen LogP contribution in [0.25, 0.3) is 0 Å². The maximum Gasteiger partial charge on any atom is 0.372 e. The minimum absolute atomic E-state index is 0.136. The summed E-state index contributed by atoms with van der Waals surface area (Å²) in [5, 5.41) is -0.762. The van der Waals surface area contributed by atoms with Gasteiger partial charge in [-0.25, -0.2) is 18.0 Å². The number of halogens is 3. The Hall–Kier alpha value is -1.17. The van der Waals surface area contributed by atoms with Crippen LogP contribution < -0.4 is 0 Å². The van der Waals surface area contributed by atoms with E-state index in [2.05, 4.69) is 4.74 Å². The lowest BCUT2D eigenvalue weighted by molar-refractivity contribution is 0.181. The van der Waals surface area contributed by atoms with E-state index in [1.807, 2.05) is 0 Å². The van der Waals surface area contributed by atoms with Gasteiger partial charge in [-0.05, 0) is 30.8 Å². The van der Waals surface area contributed by atoms with Crippen molar-refractivity contribution in [3.05, 3.63) is 29.6 Å². The molecule has 0 aliphatic heterocycles. The van der Waals surface area contributed by atoms with Gasteiger partial charge in [0.1, 0.15) is 0 Å². The molecule has 0 heterocycles. The zero-order valence-corrected chi connectivity index (χ0v) is 8.54. The molecule has 0 aliphatic carbocycles. The van der Waals surface area contributed by atoms with E-state index in [0.29, 0.717) is 11.8 Å². The van der Waals surface area contributed by atoms with Crippen molar-refractivity contribution in [3.8, 4) is 0 Å². The third-order valence-electron chi connectivity index (χ3n) is 1.46. The van der Waals surface area contributed by atoms with Gasteiger partial charge in [0.15, 0.2) is 17.5 Å². The maximum atomic E-state index is 13.0. The smallest absolute Gasteiger partial charge is 0.372 e. The van der Waals surface area contributed by atoms with Crippen LogP contribution in [0.1, 0.15) is 6.92 Å². The van der Waals surface area contributed by atoms with E-state index in [0.717, 1.165) is 12.1 Å². The molecule has 0 spiro atoms. The largest absolute Gasteiger partial charge is 0.458 e. The van der Waals surface area contributed by atoms with E-state index in [1.165, 1.54) is 0 Å². The normalized spacial score (nSPS) is 10.1. The van der Waals surface area contributed by atoms with Crippen molar-refractivity contribution >= 4 is 17.1 Å². The summed E-state index contributed by atoms with van der Waals surface area (Å²) in [6.45, 7) is 1.72. The van der Waals surface area contributed by atoms with Gasteiger partial charge in [-0.2, -0.15) is 0 Å². The molecular weight excluding hydrogens is 229 g/mol. The first-order chi connectivity index (χ1) is 7.06. The Kier molecular flexibility index (Phi) is 4.02. The lowest BCUT2D eigenvalue weighted by atomic mass is 10.3. The topological polar surface area (TPSA) is 26.3 Å². The molecular formula is C9H7F3O2S. The number of hydrogen-bond donors (Lipinski definition) is 0. The maximum absolute atomic E-state index is 13.0. The molecule has 0 aliphatic rings. The predicted octanol–water partition coefficient (Wildman–Crippen LogP) is 3.35. The van der Waals surface area contributed by atoms with Gasteiger partial charge < -0.3 is 4.74 Å². The SMILES string of the molecule is CCOC(=O)Sc1ccc(F)c(F)c1F. The van der Waals surface area contributed by atoms with Crippen LogP contribution >= 0.6 is 11.8 Å². The highest BCUT2D eigenvalue weighted by Crippen LogP contribution is 2.26. The van der Waals surface area contributed by atoms with Crippen molar-refractivity contribution in [1.29, 1.82) is 0 Å². The molecule has 6 heteroatoms. The van der Waals surface area contributed by atoms with E-state index in [-0.39, 0.29) is 11.5 Å². The Morgan fingerprint density at radius 3 is 2.60 bits per heavy atom. The minimum atomic E-state index is -1.59. The summed E-state index contributed by atoms with van der Waals surface area (Å²) < 4.78 is 42.7. The Morgan fingerprint density at radius 2 is 2.00 bits per heavy atom. The molecule has 2 nitrogen and oxygen atoms in total. The second-order valence-corrected chi connectivity index (χ2v) is 3.44. The molecule has 1 aromatic carbocycles. The second kappa shape index (κ2) is 5.06. The highest BCUT2D eigenvalue weighted by atomic mass is 32.2. The van der Waals surface area contributed by atoms with Crippen molar-refractivity contribution in [3.63, 3.8) is 0 Å². The second-order valence-electron chi connectivity index (χ2n) is 2.46. The fourth-order valence-electron chi connectivity index (χ4n) is 0.824. The molecule has 0 atom stereocenters. The molecule has 0 saturated heterocycles. The van der Waals surface area contributed by atoms with Gasteiger partial charge in [-0.1, -0.05) is 0 Å². The molecule has 0 amide bonds. The van der Waals surface area contributed by atoms with E-state index in [9.17, 15) is 18.0 Å². The minimum Gasteiger partial charge on any atom is -0.458 e. The predicted molar refractivity (Wildman–Crippen MR) is 49.2 cm³/mol. The zero-order valence-electron chi connectivity index (χ0n) is 7.72. The average Bonchev–Trinajstić information content (AvgIpc) is 2.20. The summed E-state index contributed by atoms with van der Waals surface area (Å²) >= 11 is 0.375. The number of rotatable bonds is 2. The number of benzene rings is 1. The molecule has 1 rings (SSSR count). The fourth-order valence-corrected chi connectivity index (χ4v) is 1.50. The Labute approximate surface area is 88.4 Å². The van der Waals surface area contributed by atoms with Gasteiger partial charge >= 0.3 is 5.30 Å². The molecule has 0 radical (unpaired) electrons. The molecule has 1 aromatic rings. The molecule has 0 N–H and O–H groups in total. The van der Waals surface area contributed by atoms with Gasteiger partial charge in [0.05, 0.1) is 11.5 Å². The van der Waals surface area contributed by atoms with E-state index < -0.39 is 22.8 Å². The van der Waals surface area contributed by atoms with E-state index in [1.54, 1.807) is 6.92 Å². The van der Waals surface area contributed by atoms with Gasteiger partial charge in [-0.15, -0.1) is 0 Å². The molecule has 15 heavy (non-hydrogen) atoms. The Balaban J connectivity index is 2.87. The third-order valence-corrected chi connectivity index (χ3v) is 2.27. The molecule has 0 bridgehead atoms. The number of ether oxygens (including phenoxy) is 1. The van der Waals surface area contributed by atoms with E-state index >= 15 is 0 Å². The molecule has 0 aromatic heterocycles. The van der Waals surface area contributed by atoms with Crippen molar-refractivity contribution in [2.24, 2.45) is 0 Å². The Bertz CT molecular complexity index is 382. The number of thioether (sulfide) groups is 1. The quantitative estimate of drug-likeness (QED) is 0.447. The lowest BCUT2D eigenvalue weighted by Crippen LogP contribution is -1.99. The van der Waals surface area contributed by atoms with Gasteiger partial charge in [0.2, 0.25) is 0 Å². The molecule has 0 fully saturated rings. The fraction of sp³-hybridized carbons (Fsp3) is 0.222. The standard InChI is InChI=1S/C9H7F3O2S/c1-2-14-9(13)15-6-4-3-5(10)7(11)8(6)12/h3-4H,2H2,1H3. The summed E-state index contributed by atoms with van der Waals surface area (Å²) in [6, 6.07) is 1.73. The first-order valence-corrected chi connectivity index (χ1v) is 4.86. The van der Waals surface area contributed by atoms with Crippen LogP contribution in [0.4, 0.5) is 18.0 Å². The van der Waals surface area contributed by atoms with E-state index in [4.69, 9.17) is 0 Å². The van der Waals surface area contributed by atoms with Gasteiger partial charge in [0.25, 0.3) is 0 Å². The highest BCUT2D eigenvalue weighted by Gasteiger charge is 2.16. The van der Waals surface area contributed by atoms with Crippen LogP contribution in [0, 0.1) is 17.5 Å². The van der Waals surface area contributed by atoms with Gasteiger partial charge in [-0.3, -0.25) is 0 Å². The highest BCUT2D eigenvalue weighted by molar-refractivity contribution is 8.13. The summed E-state index contributed by atoms with van der Waals surface area (Å²) in [6.07, 6.45) is 0. The summed E-state index contributed by atoms with van der Waals surface area (Å²) in [4.78, 5) is 10.6. The third kappa shape index (κ3) is 2.89. The average molecular weight is 236 g/mol. The van der Waals surface area contributed by atoms with Crippen LogP contribution in [0.3, 0.4) is 0 Å². The Morgan fingerprint density at radius 1 is 1.33 bits per heavy atom. The van der Waals surface area contributed by atoms with Crippen molar-refractivity contribution in [1.82, 2.24) is 0 Å². The zero-order chi connectivity index (χ0) is 11.4. The summed E-state index contributed by atoms with van der Waals surface area (Å²) in [7, 11) is 0. The lowest BCUT2D eigenvalue weighted by Gasteiger charge is -2.03. The molecule has 0 unspecified atom stereocenters. The van der Waals surface area contributed by atoms with Crippen LogP contribution in [0.5, 0.6) is 0 Å². The number of carbonyl (C=O) groups excluding carboxylic acids is 1. The summed E-state index contributed by atoms with van der Waals surface area (Å²) in [5.74, 6) is -4.27. The van der Waals surface area contributed by atoms with Gasteiger partial charge in [0, 0.05) is 0 Å². The van der Waals surface area contributed by atoms with Crippen molar-refractivity contribution < 1.29 is 22.7 Å². The first-order valence-electron chi connectivity index (χ1n) is 4.04. The van der Waals surface area contributed by atoms with Crippen molar-refractivity contribution in [2.75, 3.05) is 6.61 Å². The van der Waals surface area contributed by atoms with Crippen LogP contribution in [-0.4, -0.2) is 11.9 Å². The summed E-state index contributed by atoms with van der Waals surface area (Å²) in [5.41, 5.74) is 0. The first kappa shape index (κ1) is 11.9. The monoisotopic (exact) mass is 236 g/mol. The van der Waals surface area contributed by atoms with Crippen LogP contribution in [-0.2, 0) is 4.74 Å². The number of carbonyl (C=O) groups is 1. The van der Waals surface area contributed by atoms with Crippen LogP contribution in [0.2, 0.25) is 0 Å². The van der Waals surface area contributed by atoms with Crippen molar-refractivity contribution in [2.45, 2.75) is 11.8 Å². The molecule has 82 valence electrons. The molecule has 0 saturated carbocycles. The van der Waals surface area contributed by atoms with Crippen LogP contribution in [0.15, 0.2) is 17.0 Å².